The Bertz CT molecular complexity index is 495. The molecule has 2 rings (SSSR count). The van der Waals surface area contributed by atoms with Crippen molar-refractivity contribution in [3.8, 4) is 0 Å². The van der Waals surface area contributed by atoms with Gasteiger partial charge in [-0.25, -0.2) is 0 Å². The molecule has 4 nitrogen and oxygen atoms in total. The Kier molecular flexibility index (Phi) is 2.38. The van der Waals surface area contributed by atoms with Crippen molar-refractivity contribution < 1.29 is 5.21 Å². The van der Waals surface area contributed by atoms with Gasteiger partial charge in [0.15, 0.2) is 0 Å². The Morgan fingerprint density at radius 1 is 1.40 bits per heavy atom. The molecule has 2 radical (unpaired) electrons. The highest BCUT2D eigenvalue weighted by Crippen LogP contribution is 2.23. The number of nitrogens with zero attached hydrogens (tertiary/aromatic N) is 3. The van der Waals surface area contributed by atoms with E-state index in [0.29, 0.717) is 27.4 Å². The van der Waals surface area contributed by atoms with Gasteiger partial charge in [0, 0.05) is 0 Å². The third-order valence-corrected chi connectivity index (χ3v) is 2.74. The van der Waals surface area contributed by atoms with Gasteiger partial charge in [-0.15, -0.1) is 10.2 Å². The van der Waals surface area contributed by atoms with E-state index in [2.05, 4.69) is 24.0 Å². The summed E-state index contributed by atoms with van der Waals surface area (Å²) >= 11 is 0. The standard InChI is InChI=1S/C10H12BN3O/c1-3-6(2)7-4-5-8(11)10-9(7)12-14(15)13-10/h4-6,15H,3H2,1-2H3. The normalized spacial score (nSPS) is 13.2. The van der Waals surface area contributed by atoms with Crippen LogP contribution in [0.2, 0.25) is 0 Å². The summed E-state index contributed by atoms with van der Waals surface area (Å²) in [6.45, 7) is 4.22. The lowest BCUT2D eigenvalue weighted by molar-refractivity contribution is 0.113. The van der Waals surface area contributed by atoms with Gasteiger partial charge in [0.2, 0.25) is 0 Å². The molecule has 1 heterocycles. The summed E-state index contributed by atoms with van der Waals surface area (Å²) in [5, 5.41) is 16.9. The molecule has 0 fully saturated rings. The molecule has 2 aromatic rings. The smallest absolute Gasteiger partial charge is 0.119 e. The van der Waals surface area contributed by atoms with Crippen LogP contribution in [0, 0.1) is 0 Å². The summed E-state index contributed by atoms with van der Waals surface area (Å²) in [6, 6.07) is 3.75. The number of aromatic nitrogens is 3. The van der Waals surface area contributed by atoms with E-state index < -0.39 is 0 Å². The summed E-state index contributed by atoms with van der Waals surface area (Å²) in [6.07, 6.45) is 1.01. The number of rotatable bonds is 2. The van der Waals surface area contributed by atoms with Crippen molar-refractivity contribution in [2.75, 3.05) is 0 Å². The van der Waals surface area contributed by atoms with Crippen molar-refractivity contribution in [2.24, 2.45) is 0 Å². The van der Waals surface area contributed by atoms with E-state index >= 15 is 0 Å². The molecule has 76 valence electrons. The van der Waals surface area contributed by atoms with Gasteiger partial charge < -0.3 is 5.21 Å². The molecule has 0 aliphatic rings. The Hall–Kier alpha value is -1.52. The lowest BCUT2D eigenvalue weighted by Gasteiger charge is -2.09. The second kappa shape index (κ2) is 3.57. The first-order valence-electron chi connectivity index (χ1n) is 4.98. The molecule has 1 aromatic carbocycles. The first-order valence-corrected chi connectivity index (χ1v) is 4.98. The van der Waals surface area contributed by atoms with E-state index in [1.165, 1.54) is 0 Å². The van der Waals surface area contributed by atoms with Gasteiger partial charge in [0.25, 0.3) is 0 Å². The topological polar surface area (TPSA) is 50.9 Å². The van der Waals surface area contributed by atoms with Crippen LogP contribution in [0.1, 0.15) is 31.7 Å². The van der Waals surface area contributed by atoms with Crippen LogP contribution in [0.15, 0.2) is 12.1 Å². The van der Waals surface area contributed by atoms with Crippen molar-refractivity contribution >= 4 is 24.3 Å². The van der Waals surface area contributed by atoms with Crippen LogP contribution in [-0.4, -0.2) is 28.2 Å². The van der Waals surface area contributed by atoms with Crippen molar-refractivity contribution in [3.05, 3.63) is 17.7 Å². The van der Waals surface area contributed by atoms with Crippen LogP contribution in [-0.2, 0) is 0 Å². The largest absolute Gasteiger partial charge is 0.396 e. The highest BCUT2D eigenvalue weighted by Gasteiger charge is 2.13. The van der Waals surface area contributed by atoms with Gasteiger partial charge in [-0.05, 0) is 22.9 Å². The van der Waals surface area contributed by atoms with Crippen LogP contribution in [0.3, 0.4) is 0 Å². The highest BCUT2D eigenvalue weighted by molar-refractivity contribution is 6.38. The quantitative estimate of drug-likeness (QED) is 0.581. The minimum absolute atomic E-state index is 0.379. The zero-order valence-electron chi connectivity index (χ0n) is 8.81. The second-order valence-corrected chi connectivity index (χ2v) is 3.72. The molecular weight excluding hydrogens is 189 g/mol. The molecule has 15 heavy (non-hydrogen) atoms. The SMILES string of the molecule is [B]c1ccc(C(C)CC)c2nn(O)nc12. The van der Waals surface area contributed by atoms with Crippen LogP contribution in [0.25, 0.3) is 11.0 Å². The van der Waals surface area contributed by atoms with Crippen molar-refractivity contribution in [3.63, 3.8) is 0 Å². The fourth-order valence-electron chi connectivity index (χ4n) is 1.64. The average molecular weight is 201 g/mol. The predicted molar refractivity (Wildman–Crippen MR) is 58.8 cm³/mol. The Morgan fingerprint density at radius 2 is 2.07 bits per heavy atom. The Labute approximate surface area is 89.3 Å². The lowest BCUT2D eigenvalue weighted by Crippen LogP contribution is -2.06. The average Bonchev–Trinajstić information content (AvgIpc) is 2.60. The molecule has 0 spiro atoms. The molecule has 5 heteroatoms. The summed E-state index contributed by atoms with van der Waals surface area (Å²) in [4.78, 5) is 0.576. The maximum Gasteiger partial charge on any atom is 0.119 e. The van der Waals surface area contributed by atoms with Crippen molar-refractivity contribution in [1.29, 1.82) is 0 Å². The first-order chi connectivity index (χ1) is 7.13. The molecule has 0 aliphatic carbocycles. The monoisotopic (exact) mass is 201 g/mol. The van der Waals surface area contributed by atoms with Crippen molar-refractivity contribution in [2.45, 2.75) is 26.2 Å². The fourth-order valence-corrected chi connectivity index (χ4v) is 1.64. The minimum Gasteiger partial charge on any atom is -0.396 e. The van der Waals surface area contributed by atoms with E-state index in [9.17, 15) is 5.21 Å². The number of fused-ring (bicyclic) bond motifs is 1. The zero-order chi connectivity index (χ0) is 11.0. The van der Waals surface area contributed by atoms with Gasteiger partial charge in [0.05, 0.1) is 0 Å². The molecule has 0 amide bonds. The van der Waals surface area contributed by atoms with Gasteiger partial charge in [-0.3, -0.25) is 0 Å². The zero-order valence-corrected chi connectivity index (χ0v) is 8.81. The third kappa shape index (κ3) is 1.58. The third-order valence-electron chi connectivity index (χ3n) is 2.74. The van der Waals surface area contributed by atoms with E-state index in [0.717, 1.165) is 12.0 Å². The van der Waals surface area contributed by atoms with E-state index in [4.69, 9.17) is 7.85 Å². The van der Waals surface area contributed by atoms with Crippen LogP contribution in [0.4, 0.5) is 0 Å². The van der Waals surface area contributed by atoms with Crippen LogP contribution < -0.4 is 5.46 Å². The summed E-state index contributed by atoms with van der Waals surface area (Å²) < 4.78 is 0. The summed E-state index contributed by atoms with van der Waals surface area (Å²) in [5.41, 5.74) is 2.86. The van der Waals surface area contributed by atoms with Gasteiger partial charge in [-0.1, -0.05) is 31.4 Å². The molecule has 1 N–H and O–H groups in total. The molecule has 1 atom stereocenters. The molecule has 1 aromatic heterocycles. The van der Waals surface area contributed by atoms with Crippen molar-refractivity contribution in [1.82, 2.24) is 15.2 Å². The molecule has 1 unspecified atom stereocenters. The molecular formula is C10H12BN3O. The van der Waals surface area contributed by atoms with E-state index in [1.807, 2.05) is 6.07 Å². The summed E-state index contributed by atoms with van der Waals surface area (Å²) in [7, 11) is 5.75. The number of benzene rings is 1. The van der Waals surface area contributed by atoms with E-state index in [-0.39, 0.29) is 0 Å². The highest BCUT2D eigenvalue weighted by atomic mass is 16.5. The van der Waals surface area contributed by atoms with E-state index in [1.54, 1.807) is 6.07 Å². The second-order valence-electron chi connectivity index (χ2n) is 3.72. The lowest BCUT2D eigenvalue weighted by atomic mass is 9.89. The first kappa shape index (κ1) is 10.0. The maximum atomic E-state index is 9.20. The molecule has 0 bridgehead atoms. The molecule has 0 aliphatic heterocycles. The number of hydrogen-bond donors (Lipinski definition) is 1. The number of hydrogen-bond acceptors (Lipinski definition) is 3. The molecule has 0 saturated heterocycles. The Balaban J connectivity index is 2.71. The Morgan fingerprint density at radius 3 is 2.73 bits per heavy atom. The minimum atomic E-state index is 0.379. The predicted octanol–water partition coefficient (Wildman–Crippen LogP) is 0.976. The fraction of sp³-hybridized carbons (Fsp3) is 0.400. The molecule has 0 saturated carbocycles. The van der Waals surface area contributed by atoms with Gasteiger partial charge in [0.1, 0.15) is 18.9 Å². The van der Waals surface area contributed by atoms with Crippen LogP contribution >= 0.6 is 0 Å². The van der Waals surface area contributed by atoms with Gasteiger partial charge >= 0.3 is 0 Å². The maximum absolute atomic E-state index is 9.20. The van der Waals surface area contributed by atoms with Gasteiger partial charge in [-0.2, -0.15) is 0 Å². The summed E-state index contributed by atoms with van der Waals surface area (Å²) in [5.74, 6) is 0.379. The van der Waals surface area contributed by atoms with Crippen LogP contribution in [0.5, 0.6) is 0 Å².